The van der Waals surface area contributed by atoms with Gasteiger partial charge in [-0.3, -0.25) is 4.79 Å². The van der Waals surface area contributed by atoms with E-state index in [1.165, 1.54) is 89.9 Å². The van der Waals surface area contributed by atoms with E-state index in [0.29, 0.717) is 6.42 Å². The second kappa shape index (κ2) is 12.8. The van der Waals surface area contributed by atoms with Gasteiger partial charge < -0.3 is 4.74 Å². The smallest absolute Gasteiger partial charge is 0.306 e. The van der Waals surface area contributed by atoms with E-state index in [4.69, 9.17) is 4.74 Å². The Morgan fingerprint density at radius 1 is 0.760 bits per heavy atom. The Kier molecular flexibility index (Phi) is 10.6. The topological polar surface area (TPSA) is 26.3 Å². The standard InChI is InChI=1S/C23H42O2/c1-2-3-6-11-20-16-18-21(19-17-20)12-7-4-10-15-23(24)25-22-13-8-5-9-14-22/h20-22H,2-19H2,1H3. The molecule has 0 unspecified atom stereocenters. The van der Waals surface area contributed by atoms with Crippen molar-refractivity contribution in [3.8, 4) is 0 Å². The Labute approximate surface area is 156 Å². The summed E-state index contributed by atoms with van der Waals surface area (Å²) in [6.45, 7) is 2.30. The molecule has 2 saturated carbocycles. The highest BCUT2D eigenvalue weighted by Gasteiger charge is 2.20. The molecular formula is C23H42O2. The predicted octanol–water partition coefficient (Wildman–Crippen LogP) is 7.20. The second-order valence-electron chi connectivity index (χ2n) is 8.73. The van der Waals surface area contributed by atoms with Gasteiger partial charge in [-0.15, -0.1) is 0 Å². The van der Waals surface area contributed by atoms with Crippen molar-refractivity contribution in [3.63, 3.8) is 0 Å². The number of unbranched alkanes of at least 4 members (excludes halogenated alkanes) is 4. The van der Waals surface area contributed by atoms with Crippen LogP contribution in [0.3, 0.4) is 0 Å². The summed E-state index contributed by atoms with van der Waals surface area (Å²) in [5, 5.41) is 0. The van der Waals surface area contributed by atoms with Gasteiger partial charge in [0.05, 0.1) is 0 Å². The normalized spacial score (nSPS) is 25.0. The van der Waals surface area contributed by atoms with Gasteiger partial charge in [0.15, 0.2) is 0 Å². The quantitative estimate of drug-likeness (QED) is 0.291. The fourth-order valence-electron chi connectivity index (χ4n) is 4.80. The molecule has 2 nitrogen and oxygen atoms in total. The van der Waals surface area contributed by atoms with E-state index in [1.807, 2.05) is 0 Å². The lowest BCUT2D eigenvalue weighted by Crippen LogP contribution is -2.20. The fourth-order valence-corrected chi connectivity index (χ4v) is 4.80. The summed E-state index contributed by atoms with van der Waals surface area (Å²) < 4.78 is 5.60. The summed E-state index contributed by atoms with van der Waals surface area (Å²) in [6, 6.07) is 0. The van der Waals surface area contributed by atoms with Crippen molar-refractivity contribution in [2.75, 3.05) is 0 Å². The average Bonchev–Trinajstić information content (AvgIpc) is 2.64. The SMILES string of the molecule is CCCCCC1CCC(CCCCCC(=O)OC2CCCCC2)CC1. The highest BCUT2D eigenvalue weighted by molar-refractivity contribution is 5.69. The third kappa shape index (κ3) is 9.11. The molecular weight excluding hydrogens is 308 g/mol. The Hall–Kier alpha value is -0.530. The molecule has 25 heavy (non-hydrogen) atoms. The maximum Gasteiger partial charge on any atom is 0.306 e. The van der Waals surface area contributed by atoms with Crippen molar-refractivity contribution in [3.05, 3.63) is 0 Å². The number of carbonyl (C=O) groups excluding carboxylic acids is 1. The summed E-state index contributed by atoms with van der Waals surface area (Å²) >= 11 is 0. The van der Waals surface area contributed by atoms with Gasteiger partial charge in [0.1, 0.15) is 6.10 Å². The van der Waals surface area contributed by atoms with E-state index in [0.717, 1.165) is 31.1 Å². The number of carbonyl (C=O) groups is 1. The van der Waals surface area contributed by atoms with Crippen molar-refractivity contribution >= 4 is 5.97 Å². The van der Waals surface area contributed by atoms with Crippen LogP contribution in [0.1, 0.15) is 122 Å². The minimum atomic E-state index is 0.0551. The zero-order chi connectivity index (χ0) is 17.7. The van der Waals surface area contributed by atoms with Crippen molar-refractivity contribution in [2.45, 2.75) is 129 Å². The van der Waals surface area contributed by atoms with Gasteiger partial charge in [-0.2, -0.15) is 0 Å². The molecule has 146 valence electrons. The summed E-state index contributed by atoms with van der Waals surface area (Å²) in [5.74, 6) is 2.05. The molecule has 0 spiro atoms. The van der Waals surface area contributed by atoms with Crippen LogP contribution in [0.2, 0.25) is 0 Å². The van der Waals surface area contributed by atoms with Gasteiger partial charge in [-0.25, -0.2) is 0 Å². The fraction of sp³-hybridized carbons (Fsp3) is 0.957. The first-order valence-corrected chi connectivity index (χ1v) is 11.5. The van der Waals surface area contributed by atoms with Crippen LogP contribution in [0.5, 0.6) is 0 Å². The third-order valence-electron chi connectivity index (χ3n) is 6.53. The van der Waals surface area contributed by atoms with Crippen molar-refractivity contribution in [2.24, 2.45) is 11.8 Å². The van der Waals surface area contributed by atoms with Gasteiger partial charge in [-0.1, -0.05) is 84.0 Å². The molecule has 0 heterocycles. The lowest BCUT2D eigenvalue weighted by molar-refractivity contribution is -0.150. The predicted molar refractivity (Wildman–Crippen MR) is 106 cm³/mol. The minimum absolute atomic E-state index is 0.0551. The lowest BCUT2D eigenvalue weighted by Gasteiger charge is -2.28. The zero-order valence-corrected chi connectivity index (χ0v) is 16.8. The summed E-state index contributed by atoms with van der Waals surface area (Å²) in [5.41, 5.74) is 0. The van der Waals surface area contributed by atoms with Crippen LogP contribution in [-0.2, 0) is 9.53 Å². The molecule has 0 aromatic heterocycles. The van der Waals surface area contributed by atoms with Crippen LogP contribution in [0, 0.1) is 11.8 Å². The first kappa shape index (κ1) is 20.8. The molecule has 0 radical (unpaired) electrons. The number of hydrogen-bond acceptors (Lipinski definition) is 2. The molecule has 0 amide bonds. The first-order chi connectivity index (χ1) is 12.3. The molecule has 0 aromatic carbocycles. The Bertz CT molecular complexity index is 338. The van der Waals surface area contributed by atoms with Crippen molar-refractivity contribution in [1.82, 2.24) is 0 Å². The van der Waals surface area contributed by atoms with Crippen molar-refractivity contribution < 1.29 is 9.53 Å². The van der Waals surface area contributed by atoms with E-state index in [2.05, 4.69) is 6.92 Å². The molecule has 2 heteroatoms. The monoisotopic (exact) mass is 350 g/mol. The van der Waals surface area contributed by atoms with Crippen LogP contribution in [-0.4, -0.2) is 12.1 Å². The summed E-state index contributed by atoms with van der Waals surface area (Å²) in [4.78, 5) is 11.9. The molecule has 2 fully saturated rings. The van der Waals surface area contributed by atoms with Gasteiger partial charge in [0.25, 0.3) is 0 Å². The van der Waals surface area contributed by atoms with Crippen LogP contribution in [0.25, 0.3) is 0 Å². The van der Waals surface area contributed by atoms with Crippen LogP contribution in [0.15, 0.2) is 0 Å². The molecule has 0 bridgehead atoms. The maximum atomic E-state index is 11.9. The minimum Gasteiger partial charge on any atom is -0.462 e. The van der Waals surface area contributed by atoms with Gasteiger partial charge in [0.2, 0.25) is 0 Å². The number of rotatable bonds is 11. The summed E-state index contributed by atoms with van der Waals surface area (Å²) in [6.07, 6.45) is 23.3. The lowest BCUT2D eigenvalue weighted by atomic mass is 9.78. The first-order valence-electron chi connectivity index (χ1n) is 11.5. The largest absolute Gasteiger partial charge is 0.462 e. The number of hydrogen-bond donors (Lipinski definition) is 0. The molecule has 2 rings (SSSR count). The van der Waals surface area contributed by atoms with Crippen LogP contribution >= 0.6 is 0 Å². The number of ether oxygens (including phenoxy) is 1. The second-order valence-corrected chi connectivity index (χ2v) is 8.73. The highest BCUT2D eigenvalue weighted by atomic mass is 16.5. The zero-order valence-electron chi connectivity index (χ0n) is 16.8. The molecule has 0 atom stereocenters. The molecule has 2 aliphatic rings. The van der Waals surface area contributed by atoms with Gasteiger partial charge in [-0.05, 0) is 43.9 Å². The Morgan fingerprint density at radius 2 is 1.36 bits per heavy atom. The Morgan fingerprint density at radius 3 is 1.96 bits per heavy atom. The molecule has 0 saturated heterocycles. The van der Waals surface area contributed by atoms with E-state index < -0.39 is 0 Å². The molecule has 2 aliphatic carbocycles. The van der Waals surface area contributed by atoms with E-state index in [9.17, 15) is 4.79 Å². The highest BCUT2D eigenvalue weighted by Crippen LogP contribution is 2.34. The average molecular weight is 351 g/mol. The molecule has 0 N–H and O–H groups in total. The molecule has 0 aromatic rings. The van der Waals surface area contributed by atoms with Gasteiger partial charge in [0, 0.05) is 6.42 Å². The van der Waals surface area contributed by atoms with E-state index in [-0.39, 0.29) is 12.1 Å². The van der Waals surface area contributed by atoms with E-state index >= 15 is 0 Å². The van der Waals surface area contributed by atoms with E-state index in [1.54, 1.807) is 0 Å². The molecule has 0 aliphatic heterocycles. The maximum absolute atomic E-state index is 11.9. The third-order valence-corrected chi connectivity index (χ3v) is 6.53. The van der Waals surface area contributed by atoms with Gasteiger partial charge >= 0.3 is 5.97 Å². The van der Waals surface area contributed by atoms with Crippen molar-refractivity contribution in [1.29, 1.82) is 0 Å². The summed E-state index contributed by atoms with van der Waals surface area (Å²) in [7, 11) is 0. The number of esters is 1. The van der Waals surface area contributed by atoms with Crippen LogP contribution < -0.4 is 0 Å². The Balaban J connectivity index is 1.42. The van der Waals surface area contributed by atoms with Crippen LogP contribution in [0.4, 0.5) is 0 Å².